The molecule has 0 aliphatic heterocycles. The SMILES string of the molecule is Nc1ccc2nc(NCCC3CCC3)[nH]c2c1. The van der Waals surface area contributed by atoms with Crippen LogP contribution >= 0.6 is 0 Å². The van der Waals surface area contributed by atoms with Gasteiger partial charge in [-0.25, -0.2) is 4.98 Å². The summed E-state index contributed by atoms with van der Waals surface area (Å²) >= 11 is 0. The van der Waals surface area contributed by atoms with Crippen molar-refractivity contribution in [3.05, 3.63) is 18.2 Å². The zero-order valence-electron chi connectivity index (χ0n) is 9.87. The largest absolute Gasteiger partial charge is 0.399 e. The zero-order chi connectivity index (χ0) is 11.7. The summed E-state index contributed by atoms with van der Waals surface area (Å²) in [5.74, 6) is 1.78. The van der Waals surface area contributed by atoms with Crippen LogP contribution in [0.3, 0.4) is 0 Å². The molecule has 1 aliphatic carbocycles. The van der Waals surface area contributed by atoms with E-state index in [-0.39, 0.29) is 0 Å². The minimum absolute atomic E-state index is 0.766. The minimum Gasteiger partial charge on any atom is -0.399 e. The van der Waals surface area contributed by atoms with Crippen LogP contribution in [0.1, 0.15) is 25.7 Å². The third-order valence-electron chi connectivity index (χ3n) is 3.58. The average molecular weight is 230 g/mol. The Hall–Kier alpha value is -1.71. The molecule has 0 amide bonds. The van der Waals surface area contributed by atoms with Gasteiger partial charge in [0.05, 0.1) is 11.0 Å². The standard InChI is InChI=1S/C13H18N4/c14-10-4-5-11-12(8-10)17-13(16-11)15-7-6-9-2-1-3-9/h4-5,8-9H,1-3,6-7,14H2,(H2,15,16,17). The molecular formula is C13H18N4. The maximum atomic E-state index is 5.73. The lowest BCUT2D eigenvalue weighted by Gasteiger charge is -2.24. The van der Waals surface area contributed by atoms with E-state index in [1.54, 1.807) is 0 Å². The number of hydrogen-bond donors (Lipinski definition) is 3. The number of anilines is 2. The van der Waals surface area contributed by atoms with Crippen molar-refractivity contribution >= 4 is 22.7 Å². The van der Waals surface area contributed by atoms with E-state index in [1.165, 1.54) is 25.7 Å². The van der Waals surface area contributed by atoms with Crippen molar-refractivity contribution in [2.24, 2.45) is 5.92 Å². The number of fused-ring (bicyclic) bond motifs is 1. The molecule has 0 atom stereocenters. The van der Waals surface area contributed by atoms with Crippen molar-refractivity contribution in [2.45, 2.75) is 25.7 Å². The molecule has 4 heteroatoms. The van der Waals surface area contributed by atoms with Gasteiger partial charge in [-0.1, -0.05) is 19.3 Å². The first-order chi connectivity index (χ1) is 8.31. The van der Waals surface area contributed by atoms with Crippen molar-refractivity contribution < 1.29 is 0 Å². The van der Waals surface area contributed by atoms with Crippen LogP contribution in [0.15, 0.2) is 18.2 Å². The summed E-state index contributed by atoms with van der Waals surface area (Å²) in [5, 5.41) is 3.35. The van der Waals surface area contributed by atoms with E-state index in [4.69, 9.17) is 5.73 Å². The van der Waals surface area contributed by atoms with E-state index in [0.717, 1.165) is 35.1 Å². The van der Waals surface area contributed by atoms with Crippen LogP contribution in [0.2, 0.25) is 0 Å². The lowest BCUT2D eigenvalue weighted by molar-refractivity contribution is 0.303. The Morgan fingerprint density at radius 3 is 3.06 bits per heavy atom. The molecule has 2 aromatic rings. The van der Waals surface area contributed by atoms with Gasteiger partial charge >= 0.3 is 0 Å². The molecule has 1 aliphatic rings. The Bertz CT molecular complexity index is 513. The van der Waals surface area contributed by atoms with Crippen LogP contribution in [0.4, 0.5) is 11.6 Å². The quantitative estimate of drug-likeness (QED) is 0.707. The van der Waals surface area contributed by atoms with Gasteiger partial charge in [-0.2, -0.15) is 0 Å². The van der Waals surface area contributed by atoms with Crippen molar-refractivity contribution in [3.8, 4) is 0 Å². The van der Waals surface area contributed by atoms with Crippen molar-refractivity contribution in [1.29, 1.82) is 0 Å². The highest BCUT2D eigenvalue weighted by atomic mass is 15.1. The van der Waals surface area contributed by atoms with E-state index in [0.29, 0.717) is 0 Å². The normalized spacial score (nSPS) is 16.0. The van der Waals surface area contributed by atoms with Gasteiger partial charge in [-0.15, -0.1) is 0 Å². The molecular weight excluding hydrogens is 212 g/mol. The Balaban J connectivity index is 1.64. The lowest BCUT2D eigenvalue weighted by Crippen LogP contribution is -2.15. The monoisotopic (exact) mass is 230 g/mol. The van der Waals surface area contributed by atoms with Crippen molar-refractivity contribution in [1.82, 2.24) is 9.97 Å². The second kappa shape index (κ2) is 4.28. The average Bonchev–Trinajstić information content (AvgIpc) is 2.63. The number of nitrogens with zero attached hydrogens (tertiary/aromatic N) is 1. The van der Waals surface area contributed by atoms with Crippen LogP contribution < -0.4 is 11.1 Å². The number of benzene rings is 1. The first-order valence-electron chi connectivity index (χ1n) is 6.30. The molecule has 1 aromatic heterocycles. The molecule has 0 unspecified atom stereocenters. The summed E-state index contributed by atoms with van der Waals surface area (Å²) < 4.78 is 0. The Kier molecular flexibility index (Phi) is 2.63. The van der Waals surface area contributed by atoms with Crippen molar-refractivity contribution in [3.63, 3.8) is 0 Å². The molecule has 0 saturated heterocycles. The maximum absolute atomic E-state index is 5.73. The Morgan fingerprint density at radius 1 is 1.41 bits per heavy atom. The number of nitrogens with two attached hydrogens (primary N) is 1. The number of imidazole rings is 1. The van der Waals surface area contributed by atoms with Crippen LogP contribution in [0.25, 0.3) is 11.0 Å². The van der Waals surface area contributed by atoms with Crippen LogP contribution in [-0.4, -0.2) is 16.5 Å². The van der Waals surface area contributed by atoms with Gasteiger partial charge in [-0.05, 0) is 30.5 Å². The fourth-order valence-electron chi connectivity index (χ4n) is 2.29. The van der Waals surface area contributed by atoms with Gasteiger partial charge in [0.2, 0.25) is 5.95 Å². The zero-order valence-corrected chi connectivity index (χ0v) is 9.87. The Labute approximate surface area is 101 Å². The molecule has 1 heterocycles. The highest BCUT2D eigenvalue weighted by molar-refractivity contribution is 5.80. The van der Waals surface area contributed by atoms with Gasteiger partial charge in [0.25, 0.3) is 0 Å². The fourth-order valence-corrected chi connectivity index (χ4v) is 2.29. The third kappa shape index (κ3) is 2.20. The highest BCUT2D eigenvalue weighted by Crippen LogP contribution is 2.29. The van der Waals surface area contributed by atoms with Gasteiger partial charge < -0.3 is 16.0 Å². The number of nitrogen functional groups attached to an aromatic ring is 1. The predicted molar refractivity (Wildman–Crippen MR) is 71.0 cm³/mol. The molecule has 1 fully saturated rings. The summed E-state index contributed by atoms with van der Waals surface area (Å²) in [6, 6.07) is 5.74. The summed E-state index contributed by atoms with van der Waals surface area (Å²) in [5.41, 5.74) is 8.46. The smallest absolute Gasteiger partial charge is 0.201 e. The van der Waals surface area contributed by atoms with E-state index in [1.807, 2.05) is 18.2 Å². The number of nitrogens with one attached hydrogen (secondary N) is 2. The van der Waals surface area contributed by atoms with Gasteiger partial charge in [0.15, 0.2) is 0 Å². The maximum Gasteiger partial charge on any atom is 0.201 e. The fraction of sp³-hybridized carbons (Fsp3) is 0.462. The van der Waals surface area contributed by atoms with Crippen LogP contribution in [-0.2, 0) is 0 Å². The summed E-state index contributed by atoms with van der Waals surface area (Å²) in [7, 11) is 0. The number of rotatable bonds is 4. The van der Waals surface area contributed by atoms with E-state index >= 15 is 0 Å². The molecule has 0 bridgehead atoms. The van der Waals surface area contributed by atoms with E-state index in [2.05, 4.69) is 15.3 Å². The molecule has 4 N–H and O–H groups in total. The number of hydrogen-bond acceptors (Lipinski definition) is 3. The molecule has 90 valence electrons. The summed E-state index contributed by atoms with van der Waals surface area (Å²) in [6.07, 6.45) is 5.46. The lowest BCUT2D eigenvalue weighted by atomic mass is 9.83. The van der Waals surface area contributed by atoms with Crippen LogP contribution in [0.5, 0.6) is 0 Å². The second-order valence-electron chi connectivity index (χ2n) is 4.87. The third-order valence-corrected chi connectivity index (χ3v) is 3.58. The molecule has 4 nitrogen and oxygen atoms in total. The molecule has 3 rings (SSSR count). The predicted octanol–water partition coefficient (Wildman–Crippen LogP) is 2.75. The molecule has 1 saturated carbocycles. The second-order valence-corrected chi connectivity index (χ2v) is 4.87. The van der Waals surface area contributed by atoms with Gasteiger partial charge in [0.1, 0.15) is 0 Å². The number of aromatic amines is 1. The molecule has 0 radical (unpaired) electrons. The first-order valence-corrected chi connectivity index (χ1v) is 6.30. The topological polar surface area (TPSA) is 66.7 Å². The number of aromatic nitrogens is 2. The minimum atomic E-state index is 0.766. The van der Waals surface area contributed by atoms with Gasteiger partial charge in [-0.3, -0.25) is 0 Å². The van der Waals surface area contributed by atoms with Crippen LogP contribution in [0, 0.1) is 5.92 Å². The number of H-pyrrole nitrogens is 1. The molecule has 17 heavy (non-hydrogen) atoms. The van der Waals surface area contributed by atoms with E-state index in [9.17, 15) is 0 Å². The highest BCUT2D eigenvalue weighted by Gasteiger charge is 2.16. The summed E-state index contributed by atoms with van der Waals surface area (Å²) in [6.45, 7) is 1.000. The van der Waals surface area contributed by atoms with Gasteiger partial charge in [0, 0.05) is 12.2 Å². The molecule has 1 aromatic carbocycles. The van der Waals surface area contributed by atoms with E-state index < -0.39 is 0 Å². The first kappa shape index (κ1) is 10.4. The molecule has 0 spiro atoms. The summed E-state index contributed by atoms with van der Waals surface area (Å²) in [4.78, 5) is 7.72. The van der Waals surface area contributed by atoms with Crippen molar-refractivity contribution in [2.75, 3.05) is 17.6 Å². The Morgan fingerprint density at radius 2 is 2.29 bits per heavy atom.